The number of ketones is 1. The van der Waals surface area contributed by atoms with E-state index in [1.54, 1.807) is 18.3 Å². The number of Topliss-reactive ketones (excluding diaryl/α,β-unsaturated/α-hetero) is 1. The van der Waals surface area contributed by atoms with Crippen LogP contribution >= 0.6 is 11.8 Å². The predicted molar refractivity (Wildman–Crippen MR) is 80.3 cm³/mol. The Morgan fingerprint density at radius 2 is 2.10 bits per heavy atom. The fourth-order valence-electron chi connectivity index (χ4n) is 1.90. The van der Waals surface area contributed by atoms with Crippen molar-refractivity contribution < 1.29 is 9.21 Å². The second-order valence-electron chi connectivity index (χ2n) is 4.48. The van der Waals surface area contributed by atoms with Gasteiger partial charge in [-0.05, 0) is 30.7 Å². The van der Waals surface area contributed by atoms with Gasteiger partial charge in [-0.3, -0.25) is 4.79 Å². The van der Waals surface area contributed by atoms with Crippen LogP contribution in [0, 0.1) is 6.92 Å². The number of carbonyl (C=O) groups is 1. The summed E-state index contributed by atoms with van der Waals surface area (Å²) >= 11 is 1.24. The van der Waals surface area contributed by atoms with Crippen molar-refractivity contribution in [3.8, 4) is 11.5 Å². The highest BCUT2D eigenvalue weighted by Crippen LogP contribution is 2.25. The van der Waals surface area contributed by atoms with E-state index in [1.807, 2.05) is 31.2 Å². The van der Waals surface area contributed by atoms with E-state index < -0.39 is 0 Å². The molecule has 0 amide bonds. The van der Waals surface area contributed by atoms with Crippen LogP contribution in [0.1, 0.15) is 16.1 Å². The lowest BCUT2D eigenvalue weighted by atomic mass is 10.1. The number of nitrogens with zero attached hydrogens (tertiary/aromatic N) is 2. The van der Waals surface area contributed by atoms with E-state index in [0.29, 0.717) is 16.8 Å². The molecular weight excluding hydrogens is 286 g/mol. The highest BCUT2D eigenvalue weighted by Gasteiger charge is 2.13. The van der Waals surface area contributed by atoms with E-state index in [4.69, 9.17) is 4.42 Å². The molecule has 1 N–H and O–H groups in total. The summed E-state index contributed by atoms with van der Waals surface area (Å²) in [7, 11) is 0. The molecule has 0 spiro atoms. The van der Waals surface area contributed by atoms with E-state index in [9.17, 15) is 4.79 Å². The Labute approximate surface area is 125 Å². The van der Waals surface area contributed by atoms with Gasteiger partial charge in [-0.25, -0.2) is 0 Å². The fraction of sp³-hybridized carbons (Fsp3) is 0.133. The Balaban J connectivity index is 1.69. The topological polar surface area (TPSA) is 71.8 Å². The Morgan fingerprint density at radius 3 is 2.86 bits per heavy atom. The largest absolute Gasteiger partial charge is 0.411 e. The molecular formula is C15H13N3O2S. The lowest BCUT2D eigenvalue weighted by Crippen LogP contribution is -2.02. The van der Waals surface area contributed by atoms with Gasteiger partial charge in [0.2, 0.25) is 5.89 Å². The van der Waals surface area contributed by atoms with E-state index in [1.165, 1.54) is 11.8 Å². The van der Waals surface area contributed by atoms with Crippen LogP contribution in [0.4, 0.5) is 0 Å². The third-order valence-corrected chi connectivity index (χ3v) is 3.83. The molecule has 0 aliphatic heterocycles. The number of carbonyl (C=O) groups excluding carboxylic acids is 1. The van der Waals surface area contributed by atoms with Gasteiger partial charge in [-0.1, -0.05) is 30.0 Å². The number of aromatic amines is 1. The van der Waals surface area contributed by atoms with Gasteiger partial charge >= 0.3 is 0 Å². The molecule has 0 aliphatic carbocycles. The Kier molecular flexibility index (Phi) is 3.87. The minimum absolute atomic E-state index is 0.000594. The van der Waals surface area contributed by atoms with Crippen molar-refractivity contribution in [2.24, 2.45) is 0 Å². The van der Waals surface area contributed by atoms with Crippen LogP contribution in [0.3, 0.4) is 0 Å². The minimum atomic E-state index is 0.000594. The molecule has 106 valence electrons. The molecule has 0 unspecified atom stereocenters. The second-order valence-corrected chi connectivity index (χ2v) is 5.41. The first-order chi connectivity index (χ1) is 10.2. The van der Waals surface area contributed by atoms with Crippen LogP contribution in [0.5, 0.6) is 0 Å². The molecule has 0 fully saturated rings. The van der Waals surface area contributed by atoms with Gasteiger partial charge in [0, 0.05) is 11.8 Å². The highest BCUT2D eigenvalue weighted by molar-refractivity contribution is 7.99. The zero-order chi connectivity index (χ0) is 14.7. The van der Waals surface area contributed by atoms with Crippen molar-refractivity contribution in [3.63, 3.8) is 0 Å². The first kappa shape index (κ1) is 13.6. The molecule has 2 heterocycles. The van der Waals surface area contributed by atoms with E-state index in [-0.39, 0.29) is 11.5 Å². The molecule has 0 atom stereocenters. The van der Waals surface area contributed by atoms with Gasteiger partial charge in [-0.15, -0.1) is 10.2 Å². The summed E-state index contributed by atoms with van der Waals surface area (Å²) in [6, 6.07) is 11.3. The molecule has 0 saturated carbocycles. The van der Waals surface area contributed by atoms with Gasteiger partial charge in [-0.2, -0.15) is 0 Å². The van der Waals surface area contributed by atoms with Crippen LogP contribution in [-0.2, 0) is 0 Å². The third kappa shape index (κ3) is 3.05. The van der Waals surface area contributed by atoms with Crippen molar-refractivity contribution in [3.05, 3.63) is 53.9 Å². The van der Waals surface area contributed by atoms with Gasteiger partial charge in [0.25, 0.3) is 5.22 Å². The Morgan fingerprint density at radius 1 is 1.24 bits per heavy atom. The second kappa shape index (κ2) is 5.97. The Hall–Kier alpha value is -2.34. The van der Waals surface area contributed by atoms with Gasteiger partial charge in [0.05, 0.1) is 11.4 Å². The van der Waals surface area contributed by atoms with Crippen LogP contribution in [0.15, 0.2) is 52.2 Å². The maximum atomic E-state index is 11.9. The number of aromatic nitrogens is 3. The van der Waals surface area contributed by atoms with Gasteiger partial charge in [0.15, 0.2) is 5.78 Å². The normalized spacial score (nSPS) is 10.7. The van der Waals surface area contributed by atoms with E-state index >= 15 is 0 Å². The number of hydrogen-bond acceptors (Lipinski definition) is 5. The summed E-state index contributed by atoms with van der Waals surface area (Å²) in [6.07, 6.45) is 1.72. The molecule has 6 heteroatoms. The zero-order valence-corrected chi connectivity index (χ0v) is 12.2. The molecule has 2 aromatic heterocycles. The van der Waals surface area contributed by atoms with Crippen LogP contribution in [0.25, 0.3) is 11.5 Å². The summed E-state index contributed by atoms with van der Waals surface area (Å²) < 4.78 is 5.60. The number of H-pyrrole nitrogens is 1. The van der Waals surface area contributed by atoms with E-state index in [0.717, 1.165) is 11.1 Å². The zero-order valence-electron chi connectivity index (χ0n) is 11.4. The minimum Gasteiger partial charge on any atom is -0.411 e. The molecule has 0 radical (unpaired) electrons. The van der Waals surface area contributed by atoms with Gasteiger partial charge < -0.3 is 9.40 Å². The third-order valence-electron chi connectivity index (χ3n) is 3.01. The van der Waals surface area contributed by atoms with E-state index in [2.05, 4.69) is 15.2 Å². The maximum absolute atomic E-state index is 11.9. The molecule has 0 saturated heterocycles. The lowest BCUT2D eigenvalue weighted by molar-refractivity contribution is 0.101. The molecule has 3 rings (SSSR count). The molecule has 0 bridgehead atoms. The first-order valence-corrected chi connectivity index (χ1v) is 7.41. The summed E-state index contributed by atoms with van der Waals surface area (Å²) in [5.74, 6) is 0.735. The van der Waals surface area contributed by atoms with Crippen molar-refractivity contribution in [1.29, 1.82) is 0 Å². The molecule has 5 nitrogen and oxygen atoms in total. The molecule has 1 aromatic carbocycles. The van der Waals surface area contributed by atoms with Crippen molar-refractivity contribution in [2.45, 2.75) is 12.1 Å². The first-order valence-electron chi connectivity index (χ1n) is 6.43. The number of rotatable bonds is 5. The SMILES string of the molecule is Cc1ccccc1-c1nnc(SCC(=O)c2ccc[nH]2)o1. The number of benzene rings is 1. The molecule has 21 heavy (non-hydrogen) atoms. The number of aryl methyl sites for hydroxylation is 1. The van der Waals surface area contributed by atoms with Crippen molar-refractivity contribution in [2.75, 3.05) is 5.75 Å². The van der Waals surface area contributed by atoms with Crippen molar-refractivity contribution in [1.82, 2.24) is 15.2 Å². The van der Waals surface area contributed by atoms with Crippen LogP contribution < -0.4 is 0 Å². The number of hydrogen-bond donors (Lipinski definition) is 1. The van der Waals surface area contributed by atoms with Gasteiger partial charge in [0.1, 0.15) is 0 Å². The highest BCUT2D eigenvalue weighted by atomic mass is 32.2. The summed E-state index contributed by atoms with van der Waals surface area (Å²) in [5, 5.41) is 8.40. The molecule has 3 aromatic rings. The van der Waals surface area contributed by atoms with Crippen LogP contribution in [0.2, 0.25) is 0 Å². The summed E-state index contributed by atoms with van der Waals surface area (Å²) in [4.78, 5) is 14.8. The average molecular weight is 299 g/mol. The standard InChI is InChI=1S/C15H13N3O2S/c1-10-5-2-3-6-11(10)14-17-18-15(20-14)21-9-13(19)12-7-4-8-16-12/h2-8,16H,9H2,1H3. The summed E-state index contributed by atoms with van der Waals surface area (Å²) in [6.45, 7) is 1.99. The lowest BCUT2D eigenvalue weighted by Gasteiger charge is -1.98. The monoisotopic (exact) mass is 299 g/mol. The number of nitrogens with one attached hydrogen (secondary N) is 1. The predicted octanol–water partition coefficient (Wildman–Crippen LogP) is 3.35. The number of thioether (sulfide) groups is 1. The smallest absolute Gasteiger partial charge is 0.277 e. The quantitative estimate of drug-likeness (QED) is 0.578. The van der Waals surface area contributed by atoms with Crippen LogP contribution in [-0.4, -0.2) is 26.7 Å². The fourth-order valence-corrected chi connectivity index (χ4v) is 2.55. The van der Waals surface area contributed by atoms with Crippen molar-refractivity contribution >= 4 is 17.5 Å². The summed E-state index contributed by atoms with van der Waals surface area (Å²) in [5.41, 5.74) is 2.56. The maximum Gasteiger partial charge on any atom is 0.277 e. The average Bonchev–Trinajstić information content (AvgIpc) is 3.17. The Bertz CT molecular complexity index is 750. The molecule has 0 aliphatic rings.